The fourth-order valence-electron chi connectivity index (χ4n) is 4.26. The van der Waals surface area contributed by atoms with Crippen LogP contribution in [0.25, 0.3) is 22.9 Å². The molecule has 48 heavy (non-hydrogen) atoms. The van der Waals surface area contributed by atoms with Crippen molar-refractivity contribution in [1.29, 1.82) is 0 Å². The molecular formula is C28H21F8N6O5P. The minimum Gasteiger partial charge on any atom is -0.364 e. The molecule has 0 amide bonds. The van der Waals surface area contributed by atoms with Gasteiger partial charge in [0.1, 0.15) is 23.5 Å². The number of anilines is 1. The molecule has 254 valence electrons. The van der Waals surface area contributed by atoms with E-state index in [-0.39, 0.29) is 34.8 Å². The van der Waals surface area contributed by atoms with Gasteiger partial charge in [-0.05, 0) is 17.7 Å². The molecule has 20 heteroatoms. The molecule has 2 aromatic carbocycles. The average molecular weight is 704 g/mol. The molecule has 0 aliphatic carbocycles. The van der Waals surface area contributed by atoms with Gasteiger partial charge >= 0.3 is 20.2 Å². The minimum atomic E-state index is -6.39. The van der Waals surface area contributed by atoms with E-state index in [1.54, 1.807) is 11.4 Å². The molecular weight excluding hydrogens is 683 g/mol. The molecule has 0 spiro atoms. The first kappa shape index (κ1) is 34.6. The van der Waals surface area contributed by atoms with Gasteiger partial charge in [-0.15, -0.1) is 0 Å². The van der Waals surface area contributed by atoms with Crippen molar-refractivity contribution in [2.75, 3.05) is 11.9 Å². The first-order chi connectivity index (χ1) is 22.6. The number of halogens is 8. The Bertz CT molecular complexity index is 1890. The van der Waals surface area contributed by atoms with Gasteiger partial charge in [0, 0.05) is 11.6 Å². The summed E-state index contributed by atoms with van der Waals surface area (Å²) in [5.41, 5.74) is -4.83. The molecule has 0 bridgehead atoms. The van der Waals surface area contributed by atoms with Gasteiger partial charge in [-0.25, -0.2) is 23.3 Å². The maximum absolute atomic E-state index is 14.7. The van der Waals surface area contributed by atoms with E-state index in [9.17, 15) is 44.6 Å². The van der Waals surface area contributed by atoms with Gasteiger partial charge in [-0.3, -0.25) is 13.7 Å². The van der Waals surface area contributed by atoms with Crippen molar-refractivity contribution in [2.24, 2.45) is 0 Å². The number of benzene rings is 2. The SMILES string of the molecule is O=P(O)(OCc1ccccc1)OC(CNc1nc(-c2cc(-c3ccon3)n(Cc3ccccc3F)n2)ncc1F)(C(F)(F)F)C(F)(F)F. The lowest BCUT2D eigenvalue weighted by Gasteiger charge is -2.37. The Morgan fingerprint density at radius 1 is 0.917 bits per heavy atom. The second kappa shape index (κ2) is 13.4. The summed E-state index contributed by atoms with van der Waals surface area (Å²) in [6.45, 7) is -3.43. The molecule has 0 fully saturated rings. The van der Waals surface area contributed by atoms with Crippen LogP contribution in [-0.4, -0.2) is 54.3 Å². The predicted octanol–water partition coefficient (Wildman–Crippen LogP) is 6.93. The second-order valence-corrected chi connectivity index (χ2v) is 11.3. The molecule has 1 atom stereocenters. The van der Waals surface area contributed by atoms with Crippen molar-refractivity contribution < 1.29 is 58.2 Å². The molecule has 5 aromatic rings. The maximum atomic E-state index is 14.7. The first-order valence-electron chi connectivity index (χ1n) is 13.4. The van der Waals surface area contributed by atoms with Gasteiger partial charge in [-0.1, -0.05) is 53.7 Å². The number of rotatable bonds is 12. The van der Waals surface area contributed by atoms with Crippen LogP contribution in [-0.2, 0) is 26.8 Å². The molecule has 0 saturated heterocycles. The van der Waals surface area contributed by atoms with Crippen molar-refractivity contribution >= 4 is 13.6 Å². The summed E-state index contributed by atoms with van der Waals surface area (Å²) in [7, 11) is -6.08. The predicted molar refractivity (Wildman–Crippen MR) is 150 cm³/mol. The van der Waals surface area contributed by atoms with Gasteiger partial charge in [-0.2, -0.15) is 31.4 Å². The molecule has 3 aromatic heterocycles. The van der Waals surface area contributed by atoms with E-state index in [0.29, 0.717) is 6.20 Å². The fourth-order valence-corrected chi connectivity index (χ4v) is 5.29. The molecule has 3 heterocycles. The van der Waals surface area contributed by atoms with Gasteiger partial charge < -0.3 is 14.7 Å². The van der Waals surface area contributed by atoms with E-state index in [0.717, 1.165) is 0 Å². The summed E-state index contributed by atoms with van der Waals surface area (Å²) in [6, 6.07) is 15.5. The highest BCUT2D eigenvalue weighted by atomic mass is 31.2. The minimum absolute atomic E-state index is 0.136. The molecule has 11 nitrogen and oxygen atoms in total. The van der Waals surface area contributed by atoms with E-state index < -0.39 is 62.2 Å². The zero-order valence-corrected chi connectivity index (χ0v) is 24.8. The quantitative estimate of drug-likeness (QED) is 0.104. The highest BCUT2D eigenvalue weighted by molar-refractivity contribution is 7.47. The normalized spacial score (nSPS) is 13.8. The zero-order valence-electron chi connectivity index (χ0n) is 23.9. The summed E-state index contributed by atoms with van der Waals surface area (Å²) in [6.07, 6.45) is -11.1. The largest absolute Gasteiger partial charge is 0.473 e. The van der Waals surface area contributed by atoms with Crippen LogP contribution in [0.2, 0.25) is 0 Å². The molecule has 0 radical (unpaired) electrons. The van der Waals surface area contributed by atoms with Crippen LogP contribution in [0.15, 0.2) is 83.7 Å². The van der Waals surface area contributed by atoms with Crippen LogP contribution in [0, 0.1) is 11.6 Å². The summed E-state index contributed by atoms with van der Waals surface area (Å²) < 4.78 is 141. The van der Waals surface area contributed by atoms with Gasteiger partial charge in [0.2, 0.25) is 0 Å². The standard InChI is InChI=1S/C28H21F8N6O5P/c29-19-9-5-4-8-18(19)14-42-23(21-10-11-45-41-21)12-22(40-42)25-37-13-20(30)24(39-25)38-16-26(27(31,32)33,28(34,35)36)47-48(43,44)46-15-17-6-2-1-3-7-17/h1-13H,14-16H2,(H,43,44)(H,37,38,39). The third-order valence-electron chi connectivity index (χ3n) is 6.66. The summed E-state index contributed by atoms with van der Waals surface area (Å²) in [5.74, 6) is -3.73. The van der Waals surface area contributed by atoms with E-state index >= 15 is 0 Å². The maximum Gasteiger partial charge on any atom is 0.473 e. The van der Waals surface area contributed by atoms with Crippen molar-refractivity contribution in [2.45, 2.75) is 31.1 Å². The van der Waals surface area contributed by atoms with Crippen molar-refractivity contribution in [3.05, 3.63) is 102 Å². The summed E-state index contributed by atoms with van der Waals surface area (Å²) in [5, 5.41) is 9.61. The number of aromatic nitrogens is 5. The van der Waals surface area contributed by atoms with E-state index in [1.165, 1.54) is 71.6 Å². The molecule has 1 unspecified atom stereocenters. The van der Waals surface area contributed by atoms with Crippen LogP contribution in [0.1, 0.15) is 11.1 Å². The van der Waals surface area contributed by atoms with Crippen LogP contribution in [0.3, 0.4) is 0 Å². The van der Waals surface area contributed by atoms with Crippen molar-refractivity contribution in [1.82, 2.24) is 24.9 Å². The third-order valence-corrected chi connectivity index (χ3v) is 7.66. The van der Waals surface area contributed by atoms with Crippen LogP contribution in [0.5, 0.6) is 0 Å². The smallest absolute Gasteiger partial charge is 0.364 e. The zero-order chi connectivity index (χ0) is 34.7. The lowest BCUT2D eigenvalue weighted by Crippen LogP contribution is -2.62. The first-order valence-corrected chi connectivity index (χ1v) is 14.9. The average Bonchev–Trinajstić information content (AvgIpc) is 3.70. The van der Waals surface area contributed by atoms with Gasteiger partial charge in [0.05, 0.1) is 31.6 Å². The van der Waals surface area contributed by atoms with Crippen molar-refractivity contribution in [3.8, 4) is 22.9 Å². The monoisotopic (exact) mass is 704 g/mol. The van der Waals surface area contributed by atoms with Crippen LogP contribution >= 0.6 is 7.82 Å². The Hall–Kier alpha value is -4.71. The Balaban J connectivity index is 1.45. The number of alkyl halides is 6. The number of phosphoric ester groups is 1. The number of nitrogens with zero attached hydrogens (tertiary/aromatic N) is 5. The number of phosphoric acid groups is 1. The molecule has 0 aliphatic heterocycles. The lowest BCUT2D eigenvalue weighted by atomic mass is 10.0. The van der Waals surface area contributed by atoms with E-state index in [2.05, 4.69) is 29.3 Å². The number of nitrogens with one attached hydrogen (secondary N) is 1. The van der Waals surface area contributed by atoms with Crippen LogP contribution in [0.4, 0.5) is 40.9 Å². The molecule has 0 saturated carbocycles. The van der Waals surface area contributed by atoms with Gasteiger partial charge in [0.25, 0.3) is 5.60 Å². The van der Waals surface area contributed by atoms with E-state index in [4.69, 9.17) is 4.52 Å². The van der Waals surface area contributed by atoms with Crippen LogP contribution < -0.4 is 5.32 Å². The Labute approximate surface area is 264 Å². The Morgan fingerprint density at radius 3 is 2.25 bits per heavy atom. The number of hydrogen-bond acceptors (Lipinski definition) is 9. The van der Waals surface area contributed by atoms with Gasteiger partial charge in [0.15, 0.2) is 17.5 Å². The molecule has 5 rings (SSSR count). The summed E-state index contributed by atoms with van der Waals surface area (Å²) in [4.78, 5) is 17.4. The Kier molecular flexibility index (Phi) is 9.68. The fraction of sp³-hybridized carbons (Fsp3) is 0.214. The third kappa shape index (κ3) is 7.54. The topological polar surface area (TPSA) is 137 Å². The lowest BCUT2D eigenvalue weighted by molar-refractivity contribution is -0.355. The summed E-state index contributed by atoms with van der Waals surface area (Å²) >= 11 is 0. The van der Waals surface area contributed by atoms with E-state index in [1.807, 2.05) is 0 Å². The van der Waals surface area contributed by atoms with Crippen molar-refractivity contribution in [3.63, 3.8) is 0 Å². The Morgan fingerprint density at radius 2 is 1.60 bits per heavy atom. The second-order valence-electron chi connectivity index (χ2n) is 9.93. The molecule has 2 N–H and O–H groups in total. The number of hydrogen-bond donors (Lipinski definition) is 2. The highest BCUT2D eigenvalue weighted by Crippen LogP contribution is 2.57. The highest BCUT2D eigenvalue weighted by Gasteiger charge is 2.74. The molecule has 0 aliphatic rings.